The smallest absolute Gasteiger partial charge is 0.232 e. The van der Waals surface area contributed by atoms with Gasteiger partial charge in [-0.3, -0.25) is 14.6 Å². The van der Waals surface area contributed by atoms with Gasteiger partial charge in [-0.25, -0.2) is 9.37 Å². The highest BCUT2D eigenvalue weighted by Gasteiger charge is 2.23. The molecule has 41 heavy (non-hydrogen) atoms. The average Bonchev–Trinajstić information content (AvgIpc) is 3.58. The van der Waals surface area contributed by atoms with Crippen molar-refractivity contribution in [2.24, 2.45) is 7.05 Å². The first-order chi connectivity index (χ1) is 19.7. The summed E-state index contributed by atoms with van der Waals surface area (Å²) in [5, 5.41) is 14.6. The van der Waals surface area contributed by atoms with Crippen LogP contribution in [0.25, 0.3) is 11.3 Å². The van der Waals surface area contributed by atoms with E-state index < -0.39 is 5.82 Å². The van der Waals surface area contributed by atoms with E-state index in [-0.39, 0.29) is 24.1 Å². The maximum atomic E-state index is 15.6. The Morgan fingerprint density at radius 3 is 2.54 bits per heavy atom. The van der Waals surface area contributed by atoms with Gasteiger partial charge in [-0.15, -0.1) is 0 Å². The van der Waals surface area contributed by atoms with Crippen molar-refractivity contribution >= 4 is 34.9 Å². The van der Waals surface area contributed by atoms with Crippen molar-refractivity contribution in [2.75, 3.05) is 29.3 Å². The highest BCUT2D eigenvalue weighted by atomic mass is 19.1. The molecule has 0 saturated heterocycles. The van der Waals surface area contributed by atoms with E-state index in [9.17, 15) is 4.79 Å². The zero-order valence-electron chi connectivity index (χ0n) is 23.4. The van der Waals surface area contributed by atoms with Crippen molar-refractivity contribution in [3.63, 3.8) is 0 Å². The molecule has 0 aliphatic heterocycles. The van der Waals surface area contributed by atoms with Crippen molar-refractivity contribution in [2.45, 2.75) is 20.4 Å². The van der Waals surface area contributed by atoms with Crippen LogP contribution < -0.4 is 19.9 Å². The number of hydrogen-bond donors (Lipinski definition) is 2. The molecule has 0 radical (unpaired) electrons. The Balaban J connectivity index is 1.51. The van der Waals surface area contributed by atoms with Crippen molar-refractivity contribution in [1.29, 1.82) is 0 Å². The molecule has 2 aromatic carbocycles. The fourth-order valence-corrected chi connectivity index (χ4v) is 4.41. The average molecular weight is 556 g/mol. The van der Waals surface area contributed by atoms with Crippen LogP contribution in [0.1, 0.15) is 18.2 Å². The van der Waals surface area contributed by atoms with Gasteiger partial charge in [0.1, 0.15) is 11.5 Å². The van der Waals surface area contributed by atoms with Crippen LogP contribution in [0.4, 0.5) is 33.3 Å². The first kappa shape index (κ1) is 27.3. The molecule has 3 heterocycles. The van der Waals surface area contributed by atoms with E-state index in [1.165, 1.54) is 20.1 Å². The number of aromatic nitrogens is 6. The zero-order valence-corrected chi connectivity index (χ0v) is 23.4. The fourth-order valence-electron chi connectivity index (χ4n) is 4.41. The van der Waals surface area contributed by atoms with Crippen molar-refractivity contribution in [3.05, 3.63) is 84.1 Å². The first-order valence-corrected chi connectivity index (χ1v) is 12.8. The second kappa shape index (κ2) is 11.5. The zero-order chi connectivity index (χ0) is 29.1. The predicted octanol–water partition coefficient (Wildman–Crippen LogP) is 5.12. The minimum absolute atomic E-state index is 0.139. The summed E-state index contributed by atoms with van der Waals surface area (Å²) in [5.41, 5.74) is 3.67. The number of carbonyl (C=O) groups is 1. The lowest BCUT2D eigenvalue weighted by atomic mass is 10.1. The fraction of sp³-hybridized carbons (Fsp3) is 0.207. The second-order valence-electron chi connectivity index (χ2n) is 9.50. The summed E-state index contributed by atoms with van der Waals surface area (Å²) in [6.07, 6.45) is 3.47. The number of anilines is 5. The van der Waals surface area contributed by atoms with Crippen LogP contribution in [0.2, 0.25) is 0 Å². The number of ether oxygens (including phenoxy) is 1. The Morgan fingerprint density at radius 1 is 1.15 bits per heavy atom. The van der Waals surface area contributed by atoms with Crippen LogP contribution in [0.3, 0.4) is 0 Å². The SMILES string of the molecule is COc1c(Nc2cc(C)[nH]n2)nc(N(C)c2ccc(CN(C(C)=O)c3ccccc3)cc2F)nc1-c1cnn(C)c1. The molecule has 0 bridgehead atoms. The maximum absolute atomic E-state index is 15.6. The standard InChI is InChI=1S/C29H30FN9O2/c1-18-13-25(36-35-18)32-28-27(41-5)26(21-15-31-37(3)17-21)33-29(34-28)38(4)24-12-11-20(14-23(24)30)16-39(19(2)40)22-9-7-6-8-10-22/h6-15,17H,16H2,1-5H3,(H2,32,33,34,35,36). The van der Waals surface area contributed by atoms with Crippen LogP contribution in [0, 0.1) is 12.7 Å². The molecule has 11 nitrogen and oxygen atoms in total. The summed E-state index contributed by atoms with van der Waals surface area (Å²) < 4.78 is 23.0. The molecule has 3 aromatic heterocycles. The molecule has 0 spiro atoms. The predicted molar refractivity (Wildman–Crippen MR) is 155 cm³/mol. The number of methoxy groups -OCH3 is 1. The number of H-pyrrole nitrogens is 1. The summed E-state index contributed by atoms with van der Waals surface area (Å²) >= 11 is 0. The number of hydrogen-bond acceptors (Lipinski definition) is 8. The molecule has 5 aromatic rings. The van der Waals surface area contributed by atoms with E-state index >= 15 is 4.39 Å². The normalized spacial score (nSPS) is 10.9. The summed E-state index contributed by atoms with van der Waals surface area (Å²) in [6, 6.07) is 16.0. The number of nitrogens with one attached hydrogen (secondary N) is 2. The molecule has 0 fully saturated rings. The molecule has 0 aliphatic rings. The van der Waals surface area contributed by atoms with Crippen molar-refractivity contribution in [1.82, 2.24) is 29.9 Å². The molecular formula is C29H30FN9O2. The maximum Gasteiger partial charge on any atom is 0.232 e. The Labute approximate surface area is 236 Å². The number of carbonyl (C=O) groups excluding carboxylic acids is 1. The molecule has 210 valence electrons. The molecule has 5 rings (SSSR count). The van der Waals surface area contributed by atoms with E-state index in [2.05, 4.69) is 25.6 Å². The molecule has 12 heteroatoms. The van der Waals surface area contributed by atoms with Gasteiger partial charge in [0.25, 0.3) is 0 Å². The Hall–Kier alpha value is -5.26. The van der Waals surface area contributed by atoms with E-state index in [0.29, 0.717) is 34.2 Å². The van der Waals surface area contributed by atoms with Gasteiger partial charge in [-0.05, 0) is 36.8 Å². The topological polar surface area (TPSA) is 117 Å². The van der Waals surface area contributed by atoms with Gasteiger partial charge in [0, 0.05) is 50.2 Å². The third-order valence-corrected chi connectivity index (χ3v) is 6.45. The van der Waals surface area contributed by atoms with Gasteiger partial charge in [-0.2, -0.15) is 15.2 Å². The number of halogens is 1. The number of benzene rings is 2. The molecular weight excluding hydrogens is 525 g/mol. The Kier molecular flexibility index (Phi) is 7.64. The van der Waals surface area contributed by atoms with Crippen LogP contribution in [0.5, 0.6) is 5.75 Å². The number of para-hydroxylation sites is 1. The number of nitrogens with zero attached hydrogens (tertiary/aromatic N) is 7. The highest BCUT2D eigenvalue weighted by Crippen LogP contribution is 2.38. The van der Waals surface area contributed by atoms with Crippen LogP contribution >= 0.6 is 0 Å². The van der Waals surface area contributed by atoms with Crippen LogP contribution in [-0.4, -0.2) is 50.0 Å². The van der Waals surface area contributed by atoms with Gasteiger partial charge in [-0.1, -0.05) is 24.3 Å². The van der Waals surface area contributed by atoms with Crippen LogP contribution in [0.15, 0.2) is 67.0 Å². The molecule has 0 saturated carbocycles. The molecule has 0 aliphatic carbocycles. The number of aryl methyl sites for hydroxylation is 2. The Bertz CT molecular complexity index is 1680. The van der Waals surface area contributed by atoms with E-state index in [1.54, 1.807) is 53.1 Å². The minimum atomic E-state index is -0.485. The molecule has 0 unspecified atom stereocenters. The summed E-state index contributed by atoms with van der Waals surface area (Å²) in [6.45, 7) is 3.60. The lowest BCUT2D eigenvalue weighted by molar-refractivity contribution is -0.116. The summed E-state index contributed by atoms with van der Waals surface area (Å²) in [4.78, 5) is 24.9. The third-order valence-electron chi connectivity index (χ3n) is 6.45. The molecule has 0 atom stereocenters. The van der Waals surface area contributed by atoms with E-state index in [0.717, 1.165) is 11.4 Å². The number of amides is 1. The third kappa shape index (κ3) is 5.86. The van der Waals surface area contributed by atoms with Gasteiger partial charge < -0.3 is 19.9 Å². The summed E-state index contributed by atoms with van der Waals surface area (Å²) in [7, 11) is 5.01. The number of rotatable bonds is 9. The van der Waals surface area contributed by atoms with Gasteiger partial charge >= 0.3 is 0 Å². The second-order valence-corrected chi connectivity index (χ2v) is 9.50. The summed E-state index contributed by atoms with van der Waals surface area (Å²) in [5.74, 6) is 0.874. The minimum Gasteiger partial charge on any atom is -0.491 e. The van der Waals surface area contributed by atoms with Gasteiger partial charge in [0.15, 0.2) is 17.4 Å². The van der Waals surface area contributed by atoms with Gasteiger partial charge in [0.2, 0.25) is 11.9 Å². The van der Waals surface area contributed by atoms with Crippen molar-refractivity contribution in [3.8, 4) is 17.0 Å². The lowest BCUT2D eigenvalue weighted by Gasteiger charge is -2.23. The van der Waals surface area contributed by atoms with E-state index in [4.69, 9.17) is 9.72 Å². The quantitative estimate of drug-likeness (QED) is 0.257. The lowest BCUT2D eigenvalue weighted by Crippen LogP contribution is -2.27. The first-order valence-electron chi connectivity index (χ1n) is 12.8. The van der Waals surface area contributed by atoms with Gasteiger partial charge in [0.05, 0.1) is 25.5 Å². The van der Waals surface area contributed by atoms with Crippen LogP contribution in [-0.2, 0) is 18.4 Å². The van der Waals surface area contributed by atoms with Crippen molar-refractivity contribution < 1.29 is 13.9 Å². The highest BCUT2D eigenvalue weighted by molar-refractivity contribution is 5.91. The monoisotopic (exact) mass is 555 g/mol. The molecule has 2 N–H and O–H groups in total. The Morgan fingerprint density at radius 2 is 1.93 bits per heavy atom. The van der Waals surface area contributed by atoms with E-state index in [1.807, 2.05) is 43.3 Å². The number of aromatic amines is 1. The molecule has 1 amide bonds. The largest absolute Gasteiger partial charge is 0.491 e.